The number of likely N-dealkylation sites (tertiary alicyclic amines) is 1. The summed E-state index contributed by atoms with van der Waals surface area (Å²) in [6, 6.07) is 9.08. The summed E-state index contributed by atoms with van der Waals surface area (Å²) in [5.41, 5.74) is 6.19. The van der Waals surface area contributed by atoms with Crippen molar-refractivity contribution in [1.82, 2.24) is 14.7 Å². The molecule has 3 heterocycles. The number of hydrogen-bond acceptors (Lipinski definition) is 3. The van der Waals surface area contributed by atoms with Gasteiger partial charge in [0.05, 0.1) is 0 Å². The van der Waals surface area contributed by atoms with Crippen LogP contribution in [0.3, 0.4) is 0 Å². The van der Waals surface area contributed by atoms with Crippen molar-refractivity contribution in [1.29, 1.82) is 0 Å². The van der Waals surface area contributed by atoms with E-state index in [0.717, 1.165) is 39.1 Å². The topological polar surface area (TPSA) is 9.72 Å². The number of allylic oxidation sites excluding steroid dienone is 1. The molecule has 4 rings (SSSR count). The second kappa shape index (κ2) is 8.18. The molecule has 0 N–H and O–H groups in total. The molecular formula is C24H31N3. The highest BCUT2D eigenvalue weighted by Crippen LogP contribution is 2.39. The van der Waals surface area contributed by atoms with E-state index >= 15 is 0 Å². The maximum Gasteiger partial charge on any atom is 0.128 e. The molecule has 0 amide bonds. The first-order valence-electron chi connectivity index (χ1n) is 10.3. The Hall–Kier alpha value is -2.26. The third-order valence-corrected chi connectivity index (χ3v) is 6.06. The first kappa shape index (κ1) is 18.1. The standard InChI is InChI=1S/C24H31N3/c1-3-5-14-26-18-19-27-17-12-20-8-6-7-9-22(20)23(24(26)27)21-10-15-25(13-4-2)16-11-21/h3-9,18-19,24H,2,10-17H2,1H3/b5-3-. The number of nitrogens with zero attached hydrogens (tertiary/aromatic N) is 3. The lowest BCUT2D eigenvalue weighted by Crippen LogP contribution is -2.40. The zero-order valence-corrected chi connectivity index (χ0v) is 16.5. The van der Waals surface area contributed by atoms with Crippen LogP contribution in [0.4, 0.5) is 0 Å². The molecule has 3 aliphatic heterocycles. The lowest BCUT2D eigenvalue weighted by molar-refractivity contribution is 0.220. The molecule has 3 nitrogen and oxygen atoms in total. The Balaban J connectivity index is 1.74. The van der Waals surface area contributed by atoms with Crippen LogP contribution in [0.1, 0.15) is 30.9 Å². The van der Waals surface area contributed by atoms with Gasteiger partial charge in [-0.15, -0.1) is 6.58 Å². The molecule has 0 aromatic heterocycles. The van der Waals surface area contributed by atoms with Crippen LogP contribution in [0.5, 0.6) is 0 Å². The monoisotopic (exact) mass is 361 g/mol. The second-order valence-corrected chi connectivity index (χ2v) is 7.69. The van der Waals surface area contributed by atoms with Crippen LogP contribution < -0.4 is 0 Å². The van der Waals surface area contributed by atoms with Crippen LogP contribution >= 0.6 is 0 Å². The van der Waals surface area contributed by atoms with Gasteiger partial charge >= 0.3 is 0 Å². The van der Waals surface area contributed by atoms with Gasteiger partial charge in [-0.3, -0.25) is 4.90 Å². The highest BCUT2D eigenvalue weighted by Gasteiger charge is 2.35. The van der Waals surface area contributed by atoms with E-state index in [-0.39, 0.29) is 0 Å². The van der Waals surface area contributed by atoms with Gasteiger partial charge in [0.2, 0.25) is 0 Å². The van der Waals surface area contributed by atoms with Gasteiger partial charge < -0.3 is 9.80 Å². The fraction of sp³-hybridized carbons (Fsp3) is 0.417. The Morgan fingerprint density at radius 2 is 1.85 bits per heavy atom. The van der Waals surface area contributed by atoms with E-state index in [2.05, 4.69) is 77.0 Å². The van der Waals surface area contributed by atoms with E-state index in [0.29, 0.717) is 6.17 Å². The zero-order valence-electron chi connectivity index (χ0n) is 16.5. The van der Waals surface area contributed by atoms with Gasteiger partial charge in [0.25, 0.3) is 0 Å². The third-order valence-electron chi connectivity index (χ3n) is 6.06. The smallest absolute Gasteiger partial charge is 0.128 e. The lowest BCUT2D eigenvalue weighted by atomic mass is 9.88. The zero-order chi connectivity index (χ0) is 18.6. The van der Waals surface area contributed by atoms with Gasteiger partial charge in [0, 0.05) is 50.7 Å². The fourth-order valence-electron chi connectivity index (χ4n) is 4.66. The number of hydrogen-bond donors (Lipinski definition) is 0. The second-order valence-electron chi connectivity index (χ2n) is 7.69. The summed E-state index contributed by atoms with van der Waals surface area (Å²) in [5.74, 6) is 0. The average Bonchev–Trinajstić information content (AvgIpc) is 3.02. The molecule has 0 saturated carbocycles. The van der Waals surface area contributed by atoms with Gasteiger partial charge in [0.1, 0.15) is 6.17 Å². The van der Waals surface area contributed by atoms with E-state index in [1.165, 1.54) is 24.0 Å². The van der Waals surface area contributed by atoms with Crippen molar-refractivity contribution in [2.24, 2.45) is 0 Å². The molecule has 142 valence electrons. The fourth-order valence-corrected chi connectivity index (χ4v) is 4.66. The van der Waals surface area contributed by atoms with Crippen molar-refractivity contribution in [2.45, 2.75) is 32.4 Å². The van der Waals surface area contributed by atoms with Crippen LogP contribution in [0, 0.1) is 0 Å². The van der Waals surface area contributed by atoms with Gasteiger partial charge in [0.15, 0.2) is 0 Å². The van der Waals surface area contributed by atoms with Crippen molar-refractivity contribution >= 4 is 5.57 Å². The summed E-state index contributed by atoms with van der Waals surface area (Å²) < 4.78 is 0. The molecule has 27 heavy (non-hydrogen) atoms. The number of benzene rings is 1. The Kier molecular flexibility index (Phi) is 5.49. The van der Waals surface area contributed by atoms with Crippen LogP contribution in [0.15, 0.2) is 67.0 Å². The van der Waals surface area contributed by atoms with E-state index in [1.54, 1.807) is 11.1 Å². The van der Waals surface area contributed by atoms with Crippen LogP contribution in [0.2, 0.25) is 0 Å². The molecule has 0 spiro atoms. The average molecular weight is 362 g/mol. The van der Waals surface area contributed by atoms with Crippen molar-refractivity contribution < 1.29 is 0 Å². The normalized spacial score (nSPS) is 22.9. The number of rotatable bonds is 4. The molecule has 3 heteroatoms. The molecule has 1 aromatic rings. The van der Waals surface area contributed by atoms with Crippen molar-refractivity contribution in [3.8, 4) is 0 Å². The van der Waals surface area contributed by atoms with Crippen LogP contribution in [-0.2, 0) is 6.42 Å². The van der Waals surface area contributed by atoms with Gasteiger partial charge in [-0.1, -0.05) is 48.1 Å². The molecule has 0 bridgehead atoms. The first-order chi connectivity index (χ1) is 13.3. The molecule has 1 saturated heterocycles. The van der Waals surface area contributed by atoms with Gasteiger partial charge in [-0.2, -0.15) is 0 Å². The quantitative estimate of drug-likeness (QED) is 0.742. The minimum atomic E-state index is 0.339. The molecule has 0 aliphatic carbocycles. The predicted molar refractivity (Wildman–Crippen MR) is 114 cm³/mol. The molecule has 1 aromatic carbocycles. The maximum absolute atomic E-state index is 3.91. The third kappa shape index (κ3) is 3.61. The Morgan fingerprint density at radius 1 is 1.04 bits per heavy atom. The van der Waals surface area contributed by atoms with E-state index in [4.69, 9.17) is 0 Å². The number of fused-ring (bicyclic) bond motifs is 2. The minimum absolute atomic E-state index is 0.339. The first-order valence-corrected chi connectivity index (χ1v) is 10.3. The summed E-state index contributed by atoms with van der Waals surface area (Å²) in [4.78, 5) is 7.56. The molecule has 1 atom stereocenters. The number of piperidine rings is 1. The summed E-state index contributed by atoms with van der Waals surface area (Å²) in [6.45, 7) is 11.4. The molecule has 1 fully saturated rings. The van der Waals surface area contributed by atoms with E-state index < -0.39 is 0 Å². The highest BCUT2D eigenvalue weighted by molar-refractivity contribution is 5.76. The van der Waals surface area contributed by atoms with E-state index in [1.807, 2.05) is 6.08 Å². The minimum Gasteiger partial charge on any atom is -0.352 e. The van der Waals surface area contributed by atoms with Crippen molar-refractivity contribution in [2.75, 3.05) is 32.7 Å². The van der Waals surface area contributed by atoms with Crippen LogP contribution in [-0.4, -0.2) is 53.6 Å². The molecule has 0 radical (unpaired) electrons. The summed E-state index contributed by atoms with van der Waals surface area (Å²) >= 11 is 0. The predicted octanol–water partition coefficient (Wildman–Crippen LogP) is 4.27. The largest absolute Gasteiger partial charge is 0.352 e. The Bertz CT molecular complexity index is 764. The van der Waals surface area contributed by atoms with Gasteiger partial charge in [-0.25, -0.2) is 0 Å². The Morgan fingerprint density at radius 3 is 2.63 bits per heavy atom. The highest BCUT2D eigenvalue weighted by atomic mass is 15.4. The maximum atomic E-state index is 3.91. The van der Waals surface area contributed by atoms with Gasteiger partial charge in [-0.05, 0) is 37.3 Å². The summed E-state index contributed by atoms with van der Waals surface area (Å²) in [5, 5.41) is 0. The molecular weight excluding hydrogens is 330 g/mol. The SMILES string of the molecule is C=CCN1CCC(=C2c3ccccc3CCN3C=CN(C/C=C\C)C23)CC1. The summed E-state index contributed by atoms with van der Waals surface area (Å²) in [6.07, 6.45) is 14.8. The summed E-state index contributed by atoms with van der Waals surface area (Å²) in [7, 11) is 0. The van der Waals surface area contributed by atoms with Crippen molar-refractivity contribution in [3.63, 3.8) is 0 Å². The molecule has 3 aliphatic rings. The van der Waals surface area contributed by atoms with E-state index in [9.17, 15) is 0 Å². The van der Waals surface area contributed by atoms with Crippen molar-refractivity contribution in [3.05, 3.63) is 78.2 Å². The lowest BCUT2D eigenvalue weighted by Gasteiger charge is -2.36. The molecule has 1 unspecified atom stereocenters. The Labute approximate surface area is 164 Å². The van der Waals surface area contributed by atoms with Crippen LogP contribution in [0.25, 0.3) is 5.57 Å².